The Morgan fingerprint density at radius 2 is 1.63 bits per heavy atom. The van der Waals surface area contributed by atoms with Crippen LogP contribution in [0.15, 0.2) is 34.7 Å². The van der Waals surface area contributed by atoms with Crippen molar-refractivity contribution in [3.8, 4) is 0 Å². The molecule has 0 aliphatic carbocycles. The topological polar surface area (TPSA) is 69.6 Å². The lowest BCUT2D eigenvalue weighted by molar-refractivity contribution is -0.224. The highest BCUT2D eigenvalue weighted by Gasteiger charge is 2.46. The van der Waals surface area contributed by atoms with Gasteiger partial charge >= 0.3 is 15.5 Å². The third-order valence-corrected chi connectivity index (χ3v) is 3.52. The molecule has 19 heavy (non-hydrogen) atoms. The van der Waals surface area contributed by atoms with Crippen molar-refractivity contribution in [3.05, 3.63) is 35.9 Å². The number of rotatable bonds is 3. The molecule has 0 aliphatic heterocycles. The Morgan fingerprint density at radius 3 is 2.05 bits per heavy atom. The maximum absolute atomic E-state index is 12.2. The Labute approximate surface area is 108 Å². The zero-order chi connectivity index (χ0) is 14.9. The number of halogens is 3. The molecule has 106 valence electrons. The molecule has 0 saturated heterocycles. The van der Waals surface area contributed by atoms with Crippen molar-refractivity contribution in [2.75, 3.05) is 0 Å². The fraction of sp³-hybridized carbons (Fsp3) is 0.364. The van der Waals surface area contributed by atoms with Gasteiger partial charge in [0.05, 0.1) is 0 Å². The van der Waals surface area contributed by atoms with Crippen LogP contribution in [0.3, 0.4) is 0 Å². The highest BCUT2D eigenvalue weighted by Crippen LogP contribution is 2.28. The molecule has 0 spiro atoms. The predicted octanol–water partition coefficient (Wildman–Crippen LogP) is 1.57. The fourth-order valence-electron chi connectivity index (χ4n) is 1.25. The van der Waals surface area contributed by atoms with Gasteiger partial charge in [-0.2, -0.15) is 26.0 Å². The zero-order valence-corrected chi connectivity index (χ0v) is 10.9. The van der Waals surface area contributed by atoms with Crippen molar-refractivity contribution >= 4 is 15.9 Å². The van der Waals surface area contributed by atoms with E-state index in [1.54, 1.807) is 18.2 Å². The minimum Gasteiger partial charge on any atom is -0.861 e. The summed E-state index contributed by atoms with van der Waals surface area (Å²) in [5.41, 5.74) is -6.66. The zero-order valence-electron chi connectivity index (χ0n) is 10.1. The largest absolute Gasteiger partial charge is 0.861 e. The summed E-state index contributed by atoms with van der Waals surface area (Å²) in [7, 11) is -5.81. The third-order valence-electron chi connectivity index (χ3n) is 2.53. The van der Waals surface area contributed by atoms with Crippen molar-refractivity contribution in [2.45, 2.75) is 24.8 Å². The van der Waals surface area contributed by atoms with Crippen molar-refractivity contribution in [2.24, 2.45) is 4.40 Å². The van der Waals surface area contributed by atoms with E-state index in [0.29, 0.717) is 5.56 Å². The number of alkyl halides is 3. The lowest BCUT2D eigenvalue weighted by Crippen LogP contribution is -2.40. The van der Waals surface area contributed by atoms with Gasteiger partial charge < -0.3 is 5.11 Å². The van der Waals surface area contributed by atoms with E-state index in [2.05, 4.69) is 4.40 Å². The first-order valence-electron chi connectivity index (χ1n) is 5.13. The van der Waals surface area contributed by atoms with Crippen molar-refractivity contribution in [3.63, 3.8) is 0 Å². The maximum Gasteiger partial charge on any atom is 0.518 e. The van der Waals surface area contributed by atoms with Gasteiger partial charge in [-0.15, -0.1) is 0 Å². The number of hydrogen-bond acceptors (Lipinski definition) is 3. The average molecular weight is 294 g/mol. The van der Waals surface area contributed by atoms with Gasteiger partial charge in [-0.1, -0.05) is 44.2 Å². The first kappa shape index (κ1) is 15.5. The molecule has 1 aromatic carbocycles. The quantitative estimate of drug-likeness (QED) is 0.627. The second kappa shape index (κ2) is 4.84. The van der Waals surface area contributed by atoms with Gasteiger partial charge in [0.15, 0.2) is 0 Å². The standard InChI is InChI=1S/C11H12F3NO3S/c1-10(2,8-6-4-3-5-7-8)9(16)15-19(17,18)11(12,13)14/h3-7H,1-2H3,(H,15,16)/p-1. The van der Waals surface area contributed by atoms with Crippen LogP contribution in [0.2, 0.25) is 0 Å². The van der Waals surface area contributed by atoms with Crippen LogP contribution in [0, 0.1) is 0 Å². The summed E-state index contributed by atoms with van der Waals surface area (Å²) in [4.78, 5) is 0. The Bertz CT molecular complexity index is 577. The molecule has 0 heterocycles. The van der Waals surface area contributed by atoms with Crippen LogP contribution in [0.25, 0.3) is 0 Å². The fourth-order valence-corrected chi connectivity index (χ4v) is 1.80. The number of sulfonamides is 1. The summed E-state index contributed by atoms with van der Waals surface area (Å²) in [6.45, 7) is 2.61. The smallest absolute Gasteiger partial charge is 0.518 e. The first-order chi connectivity index (χ1) is 8.48. The third kappa shape index (κ3) is 3.25. The van der Waals surface area contributed by atoms with E-state index in [4.69, 9.17) is 0 Å². The predicted molar refractivity (Wildman–Crippen MR) is 61.9 cm³/mol. The molecule has 1 rings (SSSR count). The van der Waals surface area contributed by atoms with Crippen LogP contribution >= 0.6 is 0 Å². The molecule has 0 aromatic heterocycles. The second-order valence-electron chi connectivity index (χ2n) is 4.31. The Morgan fingerprint density at radius 1 is 1.16 bits per heavy atom. The van der Waals surface area contributed by atoms with Crippen LogP contribution in [-0.4, -0.2) is 19.8 Å². The summed E-state index contributed by atoms with van der Waals surface area (Å²) in [5.74, 6) is -1.36. The minimum atomic E-state index is -5.81. The summed E-state index contributed by atoms with van der Waals surface area (Å²) < 4.78 is 60.4. The molecule has 8 heteroatoms. The van der Waals surface area contributed by atoms with Gasteiger partial charge in [0.2, 0.25) is 0 Å². The van der Waals surface area contributed by atoms with E-state index in [1.165, 1.54) is 26.0 Å². The maximum atomic E-state index is 12.2. The summed E-state index contributed by atoms with van der Waals surface area (Å²) >= 11 is 0. The van der Waals surface area contributed by atoms with Crippen LogP contribution in [0.1, 0.15) is 19.4 Å². The van der Waals surface area contributed by atoms with Crippen LogP contribution in [0.4, 0.5) is 13.2 Å². The second-order valence-corrected chi connectivity index (χ2v) is 5.90. The molecule has 0 bridgehead atoms. The molecule has 0 saturated carbocycles. The Balaban J connectivity index is 3.24. The van der Waals surface area contributed by atoms with Crippen LogP contribution in [-0.2, 0) is 15.4 Å². The van der Waals surface area contributed by atoms with E-state index in [0.717, 1.165) is 0 Å². The van der Waals surface area contributed by atoms with Gasteiger partial charge in [0.25, 0.3) is 0 Å². The van der Waals surface area contributed by atoms with Gasteiger partial charge in [0.1, 0.15) is 0 Å². The SMILES string of the molecule is CC(C)(/C([O-])=N/S(=O)(=O)C(F)(F)F)c1ccccc1. The lowest BCUT2D eigenvalue weighted by Gasteiger charge is -2.31. The molecule has 0 atom stereocenters. The van der Waals surface area contributed by atoms with E-state index in [1.807, 2.05) is 0 Å². The average Bonchev–Trinajstić information content (AvgIpc) is 2.28. The van der Waals surface area contributed by atoms with Gasteiger partial charge in [-0.05, 0) is 11.5 Å². The molecular weight excluding hydrogens is 283 g/mol. The number of benzene rings is 1. The molecule has 0 radical (unpaired) electrons. The van der Waals surface area contributed by atoms with Crippen molar-refractivity contribution in [1.29, 1.82) is 0 Å². The number of nitrogens with zero attached hydrogens (tertiary/aromatic N) is 1. The molecule has 0 aliphatic rings. The van der Waals surface area contributed by atoms with Crippen LogP contribution < -0.4 is 5.11 Å². The van der Waals surface area contributed by atoms with Gasteiger partial charge in [0, 0.05) is 5.41 Å². The summed E-state index contributed by atoms with van der Waals surface area (Å²) in [5, 5.41) is 11.7. The summed E-state index contributed by atoms with van der Waals surface area (Å²) in [6.07, 6.45) is 0. The van der Waals surface area contributed by atoms with E-state index >= 15 is 0 Å². The molecule has 0 unspecified atom stereocenters. The van der Waals surface area contributed by atoms with Gasteiger partial charge in [-0.25, -0.2) is 0 Å². The number of hydrogen-bond donors (Lipinski definition) is 0. The highest BCUT2D eigenvalue weighted by atomic mass is 32.2. The first-order valence-corrected chi connectivity index (χ1v) is 6.57. The van der Waals surface area contributed by atoms with E-state index in [-0.39, 0.29) is 0 Å². The van der Waals surface area contributed by atoms with E-state index < -0.39 is 26.8 Å². The Hall–Kier alpha value is -1.57. The van der Waals surface area contributed by atoms with Crippen LogP contribution in [0.5, 0.6) is 0 Å². The van der Waals surface area contributed by atoms with Crippen molar-refractivity contribution in [1.82, 2.24) is 0 Å². The highest BCUT2D eigenvalue weighted by molar-refractivity contribution is 7.91. The van der Waals surface area contributed by atoms with E-state index in [9.17, 15) is 26.7 Å². The molecule has 0 amide bonds. The normalized spacial score (nSPS) is 14.5. The minimum absolute atomic E-state index is 0.376. The molecule has 1 aromatic rings. The molecule has 0 fully saturated rings. The molecule has 4 nitrogen and oxygen atoms in total. The van der Waals surface area contributed by atoms with Gasteiger partial charge in [-0.3, -0.25) is 0 Å². The monoisotopic (exact) mass is 294 g/mol. The summed E-state index contributed by atoms with van der Waals surface area (Å²) in [6, 6.07) is 7.85. The van der Waals surface area contributed by atoms with Crippen molar-refractivity contribution < 1.29 is 26.7 Å². The molecular formula is C11H11F3NO3S-. The molecule has 0 N–H and O–H groups in total. The lowest BCUT2D eigenvalue weighted by atomic mass is 9.84. The Kier molecular flexibility index (Phi) is 3.94.